The van der Waals surface area contributed by atoms with Crippen LogP contribution in [0.25, 0.3) is 33.0 Å². The zero-order chi connectivity index (χ0) is 24.8. The van der Waals surface area contributed by atoms with E-state index in [2.05, 4.69) is 20.3 Å². The summed E-state index contributed by atoms with van der Waals surface area (Å²) in [5, 5.41) is 4.49. The number of aromatic amines is 1. The van der Waals surface area contributed by atoms with Crippen molar-refractivity contribution in [3.63, 3.8) is 0 Å². The van der Waals surface area contributed by atoms with Gasteiger partial charge < -0.3 is 24.0 Å². The van der Waals surface area contributed by atoms with Crippen LogP contribution in [0.3, 0.4) is 0 Å². The Morgan fingerprint density at radius 2 is 1.92 bits per heavy atom. The number of hydrogen-bond acceptors (Lipinski definition) is 7. The van der Waals surface area contributed by atoms with Gasteiger partial charge in [0, 0.05) is 35.8 Å². The molecule has 0 saturated heterocycles. The summed E-state index contributed by atoms with van der Waals surface area (Å²) in [6.45, 7) is 0.527. The number of pyridine rings is 1. The van der Waals surface area contributed by atoms with Gasteiger partial charge in [0.25, 0.3) is 5.56 Å². The van der Waals surface area contributed by atoms with Crippen LogP contribution in [-0.2, 0) is 6.54 Å². The predicted octanol–water partition coefficient (Wildman–Crippen LogP) is 3.80. The Morgan fingerprint density at radius 1 is 1.11 bits per heavy atom. The number of methoxy groups -OCH3 is 1. The number of hydrogen-bond donors (Lipinski definition) is 2. The van der Waals surface area contributed by atoms with E-state index < -0.39 is 5.63 Å². The molecule has 184 valence electrons. The Morgan fingerprint density at radius 3 is 2.72 bits per heavy atom. The van der Waals surface area contributed by atoms with Crippen molar-refractivity contribution in [1.29, 1.82) is 0 Å². The molecule has 6 rings (SSSR count). The van der Waals surface area contributed by atoms with Crippen molar-refractivity contribution < 1.29 is 13.5 Å². The van der Waals surface area contributed by atoms with Crippen LogP contribution in [0.5, 0.6) is 5.75 Å². The van der Waals surface area contributed by atoms with Gasteiger partial charge in [-0.25, -0.2) is 19.2 Å². The third kappa shape index (κ3) is 3.93. The SMILES string of the molecule is COc1cnc2ncc(=O)n(C3CCC(NCc4cc5c(=O)oc6ccc(F)cc6c5[nH]4)CC3)c2c1. The highest BCUT2D eigenvalue weighted by atomic mass is 19.1. The summed E-state index contributed by atoms with van der Waals surface area (Å²) in [7, 11) is 1.57. The molecule has 0 atom stereocenters. The van der Waals surface area contributed by atoms with Crippen LogP contribution >= 0.6 is 0 Å². The molecule has 0 unspecified atom stereocenters. The summed E-state index contributed by atoms with van der Waals surface area (Å²) in [6.07, 6.45) is 6.35. The monoisotopic (exact) mass is 489 g/mol. The summed E-state index contributed by atoms with van der Waals surface area (Å²) in [4.78, 5) is 36.8. The van der Waals surface area contributed by atoms with Crippen LogP contribution in [0.15, 0.2) is 56.7 Å². The normalized spacial score (nSPS) is 18.3. The van der Waals surface area contributed by atoms with Gasteiger partial charge in [-0.1, -0.05) is 0 Å². The maximum Gasteiger partial charge on any atom is 0.345 e. The molecular weight excluding hydrogens is 465 g/mol. The highest BCUT2D eigenvalue weighted by Crippen LogP contribution is 2.30. The quantitative estimate of drug-likeness (QED) is 0.361. The maximum atomic E-state index is 13.8. The fraction of sp³-hybridized carbons (Fsp3) is 0.308. The molecule has 1 saturated carbocycles. The van der Waals surface area contributed by atoms with Gasteiger partial charge in [-0.05, 0) is 49.9 Å². The number of fused-ring (bicyclic) bond motifs is 4. The molecule has 0 radical (unpaired) electrons. The average Bonchev–Trinajstić information content (AvgIpc) is 3.33. The van der Waals surface area contributed by atoms with Gasteiger partial charge in [-0.3, -0.25) is 4.79 Å². The number of nitrogens with one attached hydrogen (secondary N) is 2. The summed E-state index contributed by atoms with van der Waals surface area (Å²) in [5.41, 5.74) is 2.35. The topological polar surface area (TPSA) is 115 Å². The van der Waals surface area contributed by atoms with Crippen LogP contribution in [-0.4, -0.2) is 32.7 Å². The summed E-state index contributed by atoms with van der Waals surface area (Å²) in [6, 6.07) is 7.98. The predicted molar refractivity (Wildman–Crippen MR) is 133 cm³/mol. The molecule has 9 nitrogen and oxygen atoms in total. The largest absolute Gasteiger partial charge is 0.495 e. The Hall–Kier alpha value is -4.05. The van der Waals surface area contributed by atoms with E-state index >= 15 is 0 Å². The molecule has 10 heteroatoms. The standard InChI is InChI=1S/C26H24FN5O4/c1-35-18-10-21-25(29-12-18)30-13-23(33)32(21)17-5-3-15(4-6-17)28-11-16-9-20-24(31-16)19-8-14(27)2-7-22(19)36-26(20)34/h2,7-10,12-13,15,17,28,31H,3-6,11H2,1H3. The van der Waals surface area contributed by atoms with Crippen molar-refractivity contribution in [2.75, 3.05) is 7.11 Å². The molecule has 0 spiro atoms. The van der Waals surface area contributed by atoms with Gasteiger partial charge in [0.15, 0.2) is 5.65 Å². The smallest absolute Gasteiger partial charge is 0.345 e. The molecule has 0 aliphatic heterocycles. The van der Waals surface area contributed by atoms with E-state index in [-0.39, 0.29) is 23.5 Å². The maximum absolute atomic E-state index is 13.8. The van der Waals surface area contributed by atoms with E-state index in [9.17, 15) is 14.0 Å². The Balaban J connectivity index is 1.18. The molecule has 1 aliphatic carbocycles. The summed E-state index contributed by atoms with van der Waals surface area (Å²) < 4.78 is 26.2. The molecule has 0 bridgehead atoms. The summed E-state index contributed by atoms with van der Waals surface area (Å²) >= 11 is 0. The lowest BCUT2D eigenvalue weighted by atomic mass is 9.90. The minimum atomic E-state index is -0.451. The zero-order valence-electron chi connectivity index (χ0n) is 19.6. The third-order valence-electron chi connectivity index (χ3n) is 7.00. The van der Waals surface area contributed by atoms with Crippen LogP contribution in [0.2, 0.25) is 0 Å². The van der Waals surface area contributed by atoms with E-state index in [1.165, 1.54) is 24.4 Å². The molecule has 5 aromatic rings. The molecule has 4 aromatic heterocycles. The molecule has 4 heterocycles. The third-order valence-corrected chi connectivity index (χ3v) is 7.00. The number of rotatable bonds is 5. The van der Waals surface area contributed by atoms with Gasteiger partial charge in [-0.15, -0.1) is 0 Å². The van der Waals surface area contributed by atoms with Gasteiger partial charge in [0.1, 0.15) is 17.1 Å². The number of H-pyrrole nitrogens is 1. The molecule has 1 aliphatic rings. The van der Waals surface area contributed by atoms with Crippen LogP contribution in [0.1, 0.15) is 37.4 Å². The van der Waals surface area contributed by atoms with Crippen molar-refractivity contribution in [1.82, 2.24) is 24.8 Å². The molecule has 36 heavy (non-hydrogen) atoms. The van der Waals surface area contributed by atoms with E-state index in [0.29, 0.717) is 45.3 Å². The minimum Gasteiger partial charge on any atom is -0.495 e. The minimum absolute atomic E-state index is 0.0499. The fourth-order valence-corrected chi connectivity index (χ4v) is 5.20. The van der Waals surface area contributed by atoms with Crippen molar-refractivity contribution in [2.45, 2.75) is 44.3 Å². The van der Waals surface area contributed by atoms with Crippen molar-refractivity contribution in [3.8, 4) is 5.75 Å². The molecule has 1 aromatic carbocycles. The van der Waals surface area contributed by atoms with Crippen molar-refractivity contribution in [2.24, 2.45) is 0 Å². The number of benzene rings is 1. The highest BCUT2D eigenvalue weighted by Gasteiger charge is 2.25. The first-order chi connectivity index (χ1) is 17.5. The van der Waals surface area contributed by atoms with Crippen LogP contribution in [0, 0.1) is 5.82 Å². The molecule has 0 amide bonds. The molecule has 1 fully saturated rings. The van der Waals surface area contributed by atoms with Crippen molar-refractivity contribution in [3.05, 3.63) is 75.0 Å². The summed E-state index contributed by atoms with van der Waals surface area (Å²) in [5.74, 6) is 0.195. The van der Waals surface area contributed by atoms with Gasteiger partial charge in [0.2, 0.25) is 0 Å². The Kier molecular flexibility index (Phi) is 5.52. The zero-order valence-corrected chi connectivity index (χ0v) is 19.6. The van der Waals surface area contributed by atoms with Gasteiger partial charge in [0.05, 0.1) is 35.9 Å². The van der Waals surface area contributed by atoms with Gasteiger partial charge in [-0.2, -0.15) is 0 Å². The van der Waals surface area contributed by atoms with Crippen LogP contribution < -0.4 is 21.2 Å². The van der Waals surface area contributed by atoms with E-state index in [1.807, 2.05) is 6.07 Å². The second kappa shape index (κ2) is 8.87. The second-order valence-electron chi connectivity index (χ2n) is 9.18. The lowest BCUT2D eigenvalue weighted by Gasteiger charge is -2.31. The molecular formula is C26H24FN5O4. The Labute approximate surface area is 203 Å². The first-order valence-corrected chi connectivity index (χ1v) is 11.9. The lowest BCUT2D eigenvalue weighted by Crippen LogP contribution is -2.36. The number of nitrogens with zero attached hydrogens (tertiary/aromatic N) is 3. The lowest BCUT2D eigenvalue weighted by molar-refractivity contribution is 0.289. The first kappa shape index (κ1) is 22.4. The molecule has 2 N–H and O–H groups in total. The number of aromatic nitrogens is 4. The average molecular weight is 490 g/mol. The number of ether oxygens (including phenoxy) is 1. The van der Waals surface area contributed by atoms with Crippen LogP contribution in [0.4, 0.5) is 4.39 Å². The van der Waals surface area contributed by atoms with E-state index in [0.717, 1.165) is 31.4 Å². The van der Waals surface area contributed by atoms with Crippen molar-refractivity contribution >= 4 is 33.0 Å². The first-order valence-electron chi connectivity index (χ1n) is 11.9. The van der Waals surface area contributed by atoms with Gasteiger partial charge >= 0.3 is 5.63 Å². The highest BCUT2D eigenvalue weighted by molar-refractivity contribution is 6.02. The Bertz CT molecular complexity index is 1720. The fourth-order valence-electron chi connectivity index (χ4n) is 5.20. The van der Waals surface area contributed by atoms with E-state index in [1.54, 1.807) is 23.9 Å². The number of halogens is 1. The second-order valence-corrected chi connectivity index (χ2v) is 9.18. The van der Waals surface area contributed by atoms with E-state index in [4.69, 9.17) is 9.15 Å².